The largest absolute Gasteiger partial charge is 0.481 e. The van der Waals surface area contributed by atoms with Crippen LogP contribution in [-0.4, -0.2) is 22.5 Å². The van der Waals surface area contributed by atoms with Gasteiger partial charge in [0.25, 0.3) is 5.91 Å². The molecule has 1 aromatic rings. The minimum Gasteiger partial charge on any atom is -0.481 e. The number of carbonyl (C=O) groups is 2. The van der Waals surface area contributed by atoms with Gasteiger partial charge in [0.2, 0.25) is 0 Å². The van der Waals surface area contributed by atoms with Crippen molar-refractivity contribution in [1.82, 2.24) is 5.32 Å². The predicted molar refractivity (Wildman–Crippen MR) is 78.9 cm³/mol. The van der Waals surface area contributed by atoms with E-state index in [0.717, 1.165) is 29.9 Å². The van der Waals surface area contributed by atoms with Gasteiger partial charge in [-0.3, -0.25) is 9.59 Å². The van der Waals surface area contributed by atoms with E-state index in [9.17, 15) is 9.59 Å². The lowest BCUT2D eigenvalue weighted by molar-refractivity contribution is -0.138. The summed E-state index contributed by atoms with van der Waals surface area (Å²) in [5.74, 6) is -1.12. The maximum Gasteiger partial charge on any atom is 0.305 e. The lowest BCUT2D eigenvalue weighted by Gasteiger charge is -2.28. The van der Waals surface area contributed by atoms with Crippen molar-refractivity contribution in [3.63, 3.8) is 0 Å². The van der Waals surface area contributed by atoms with Gasteiger partial charge in [-0.1, -0.05) is 12.8 Å². The molecule has 0 atom stereocenters. The highest BCUT2D eigenvalue weighted by atomic mass is 32.1. The van der Waals surface area contributed by atoms with Gasteiger partial charge in [0.1, 0.15) is 11.4 Å². The molecule has 1 fully saturated rings. The molecule has 7 heteroatoms. The van der Waals surface area contributed by atoms with E-state index in [0.29, 0.717) is 24.1 Å². The van der Waals surface area contributed by atoms with Gasteiger partial charge in [-0.25, -0.2) is 0 Å². The molecule has 21 heavy (non-hydrogen) atoms. The second kappa shape index (κ2) is 5.40. The summed E-state index contributed by atoms with van der Waals surface area (Å²) < 4.78 is 8.21. The summed E-state index contributed by atoms with van der Waals surface area (Å²) in [6.45, 7) is 0. The Morgan fingerprint density at radius 1 is 1.24 bits per heavy atom. The van der Waals surface area contributed by atoms with Crippen molar-refractivity contribution in [2.24, 2.45) is 8.73 Å². The number of fused-ring (bicyclic) bond motifs is 1. The van der Waals surface area contributed by atoms with E-state index in [-0.39, 0.29) is 12.3 Å². The molecule has 0 saturated heterocycles. The summed E-state index contributed by atoms with van der Waals surface area (Å²) in [6.07, 6.45) is 3.29. The molecule has 0 bridgehead atoms. The number of carboxylic acid groups (broad SMARTS) is 1. The molecule has 110 valence electrons. The molecule has 2 N–H and O–H groups in total. The first-order valence-corrected chi connectivity index (χ1v) is 7.58. The fraction of sp³-hybridized carbons (Fsp3) is 0.429. The monoisotopic (exact) mass is 305 g/mol. The van der Waals surface area contributed by atoms with Crippen molar-refractivity contribution < 1.29 is 14.7 Å². The van der Waals surface area contributed by atoms with Crippen LogP contribution in [-0.2, 0) is 16.1 Å². The molecule has 0 radical (unpaired) electrons. The standard InChI is InChI=1S/C14H15N3O3S/c18-12(19)8-14(5-1-2-6-14)15-13(20)9-3-4-10-11(7-9)17-21-16-10/h3-4,7H,1-2,5-6,8H2,(H,15,20)(H,18,19). The summed E-state index contributed by atoms with van der Waals surface area (Å²) in [7, 11) is 0. The molecule has 1 amide bonds. The summed E-state index contributed by atoms with van der Waals surface area (Å²) >= 11 is 1.10. The average Bonchev–Trinajstić information content (AvgIpc) is 3.06. The van der Waals surface area contributed by atoms with Crippen molar-refractivity contribution in [1.29, 1.82) is 0 Å². The van der Waals surface area contributed by atoms with Crippen LogP contribution >= 0.6 is 0 Å². The number of hydrogen-bond donors (Lipinski definition) is 2. The van der Waals surface area contributed by atoms with Gasteiger partial charge in [0.15, 0.2) is 0 Å². The van der Waals surface area contributed by atoms with Crippen molar-refractivity contribution >= 4 is 34.6 Å². The highest BCUT2D eigenvalue weighted by Crippen LogP contribution is 2.34. The number of nitrogens with zero attached hydrogens (tertiary/aromatic N) is 2. The molecule has 2 aliphatic rings. The first-order valence-electron chi connectivity index (χ1n) is 6.85. The zero-order chi connectivity index (χ0) is 14.9. The molecular weight excluding hydrogens is 290 g/mol. The molecule has 3 rings (SSSR count). The van der Waals surface area contributed by atoms with Gasteiger partial charge in [-0.15, -0.1) is 0 Å². The highest BCUT2D eigenvalue weighted by Gasteiger charge is 2.37. The van der Waals surface area contributed by atoms with Gasteiger partial charge in [0, 0.05) is 5.56 Å². The first-order chi connectivity index (χ1) is 10.1. The maximum atomic E-state index is 12.4. The van der Waals surface area contributed by atoms with Crippen molar-refractivity contribution in [3.8, 4) is 0 Å². The maximum absolute atomic E-state index is 12.4. The second-order valence-corrected chi connectivity index (χ2v) is 6.01. The summed E-state index contributed by atoms with van der Waals surface area (Å²) in [5, 5.41) is 12.0. The van der Waals surface area contributed by atoms with Crippen LogP contribution in [0.3, 0.4) is 0 Å². The molecule has 0 unspecified atom stereocenters. The quantitative estimate of drug-likeness (QED) is 0.909. The van der Waals surface area contributed by atoms with Crippen LogP contribution in [0.5, 0.6) is 0 Å². The zero-order valence-electron chi connectivity index (χ0n) is 11.3. The number of carbonyl (C=O) groups excluding carboxylic acids is 1. The average molecular weight is 305 g/mol. The fourth-order valence-electron chi connectivity index (χ4n) is 2.92. The third-order valence-electron chi connectivity index (χ3n) is 3.94. The molecular formula is C14H15N3O3S. The Balaban J connectivity index is 1.79. The van der Waals surface area contributed by atoms with Crippen LogP contribution in [0.15, 0.2) is 26.9 Å². The highest BCUT2D eigenvalue weighted by molar-refractivity contribution is 7.58. The summed E-state index contributed by atoms with van der Waals surface area (Å²) in [4.78, 5) is 23.5. The van der Waals surface area contributed by atoms with E-state index >= 15 is 0 Å². The van der Waals surface area contributed by atoms with Crippen LogP contribution < -0.4 is 5.32 Å². The number of hydrogen-bond acceptors (Lipinski definition) is 4. The fourth-order valence-corrected chi connectivity index (χ4v) is 3.44. The van der Waals surface area contributed by atoms with Crippen LogP contribution in [0.2, 0.25) is 0 Å². The lowest BCUT2D eigenvalue weighted by atomic mass is 9.92. The zero-order valence-corrected chi connectivity index (χ0v) is 12.2. The number of benzene rings is 1. The number of amides is 1. The van der Waals surface area contributed by atoms with Gasteiger partial charge >= 0.3 is 5.97 Å². The molecule has 0 spiro atoms. The van der Waals surface area contributed by atoms with E-state index in [1.807, 2.05) is 0 Å². The van der Waals surface area contributed by atoms with Crippen LogP contribution in [0.25, 0.3) is 0 Å². The molecule has 0 aromatic heterocycles. The predicted octanol–water partition coefficient (Wildman–Crippen LogP) is 2.93. The third kappa shape index (κ3) is 2.87. The number of carboxylic acids is 1. The minimum absolute atomic E-state index is 0.0285. The van der Waals surface area contributed by atoms with Crippen LogP contribution in [0.4, 0.5) is 11.4 Å². The normalized spacial score (nSPS) is 18.1. The second-order valence-electron chi connectivity index (χ2n) is 5.48. The summed E-state index contributed by atoms with van der Waals surface area (Å²) in [5.41, 5.74) is 1.33. The van der Waals surface area contributed by atoms with Gasteiger partial charge in [0.05, 0.1) is 23.3 Å². The van der Waals surface area contributed by atoms with E-state index in [1.165, 1.54) is 0 Å². The SMILES string of the molecule is O=C(O)CC1(NC(=O)c2ccc3c(c2)N=S=N3)CCCC1. The Morgan fingerprint density at radius 3 is 2.67 bits per heavy atom. The first kappa shape index (κ1) is 13.9. The van der Waals surface area contributed by atoms with Crippen LogP contribution in [0, 0.1) is 0 Å². The van der Waals surface area contributed by atoms with Gasteiger partial charge in [-0.05, 0) is 31.0 Å². The topological polar surface area (TPSA) is 91.1 Å². The Labute approximate surface area is 125 Å². The van der Waals surface area contributed by atoms with E-state index in [1.54, 1.807) is 18.2 Å². The third-order valence-corrected chi connectivity index (χ3v) is 4.50. The van der Waals surface area contributed by atoms with Gasteiger partial charge in [-0.2, -0.15) is 8.73 Å². The van der Waals surface area contributed by atoms with Crippen molar-refractivity contribution in [2.75, 3.05) is 0 Å². The van der Waals surface area contributed by atoms with E-state index in [4.69, 9.17) is 5.11 Å². The van der Waals surface area contributed by atoms with Gasteiger partial charge < -0.3 is 10.4 Å². The number of aliphatic carboxylic acids is 1. The Hall–Kier alpha value is -2.02. The lowest BCUT2D eigenvalue weighted by Crippen LogP contribution is -2.47. The molecule has 1 aromatic carbocycles. The van der Waals surface area contributed by atoms with E-state index in [2.05, 4.69) is 14.0 Å². The molecule has 1 aliphatic heterocycles. The van der Waals surface area contributed by atoms with Crippen molar-refractivity contribution in [3.05, 3.63) is 23.8 Å². The van der Waals surface area contributed by atoms with Crippen LogP contribution in [0.1, 0.15) is 42.5 Å². The number of nitrogens with one attached hydrogen (secondary N) is 1. The van der Waals surface area contributed by atoms with E-state index < -0.39 is 11.5 Å². The number of rotatable bonds is 4. The Bertz CT molecular complexity index is 674. The smallest absolute Gasteiger partial charge is 0.305 e. The molecule has 6 nitrogen and oxygen atoms in total. The molecule has 1 saturated carbocycles. The molecule has 1 aliphatic carbocycles. The Kier molecular flexibility index (Phi) is 3.59. The van der Waals surface area contributed by atoms with Crippen molar-refractivity contribution in [2.45, 2.75) is 37.6 Å². The molecule has 1 heterocycles. The summed E-state index contributed by atoms with van der Waals surface area (Å²) in [6, 6.07) is 5.15. The minimum atomic E-state index is -0.878. The Morgan fingerprint density at radius 2 is 1.95 bits per heavy atom.